The third-order valence-corrected chi connectivity index (χ3v) is 4.29. The summed E-state index contributed by atoms with van der Waals surface area (Å²) >= 11 is 0. The molecular weight excluding hydrogens is 248 g/mol. The lowest BCUT2D eigenvalue weighted by Gasteiger charge is -2.19. The molecule has 1 fully saturated rings. The maximum atomic E-state index is 5.49. The molecule has 1 aromatic rings. The molecule has 0 saturated heterocycles. The predicted molar refractivity (Wildman–Crippen MR) is 83.4 cm³/mol. The summed E-state index contributed by atoms with van der Waals surface area (Å²) in [4.78, 5) is 4.61. The second-order valence-corrected chi connectivity index (χ2v) is 5.98. The number of aromatic nitrogens is 1. The van der Waals surface area contributed by atoms with Gasteiger partial charge in [0.05, 0.1) is 7.11 Å². The Morgan fingerprint density at radius 1 is 1.40 bits per heavy atom. The first-order chi connectivity index (χ1) is 9.67. The molecule has 1 unspecified atom stereocenters. The van der Waals surface area contributed by atoms with E-state index in [0.29, 0.717) is 6.04 Å². The minimum atomic E-state index is 0.670. The number of rotatable bonds is 8. The van der Waals surface area contributed by atoms with Crippen molar-refractivity contribution in [2.75, 3.05) is 13.7 Å². The zero-order valence-corrected chi connectivity index (χ0v) is 13.3. The lowest BCUT2D eigenvalue weighted by atomic mass is 10.0. The van der Waals surface area contributed by atoms with Crippen molar-refractivity contribution in [1.29, 1.82) is 0 Å². The number of nitrogens with one attached hydrogen (secondary N) is 1. The van der Waals surface area contributed by atoms with Crippen LogP contribution in [-0.2, 0) is 6.42 Å². The van der Waals surface area contributed by atoms with E-state index in [1.54, 1.807) is 7.11 Å². The topological polar surface area (TPSA) is 34.2 Å². The number of hydrogen-bond acceptors (Lipinski definition) is 3. The van der Waals surface area contributed by atoms with E-state index in [1.807, 2.05) is 6.20 Å². The molecule has 0 bridgehead atoms. The Morgan fingerprint density at radius 3 is 2.75 bits per heavy atom. The molecule has 1 aliphatic carbocycles. The highest BCUT2D eigenvalue weighted by Gasteiger charge is 2.30. The molecule has 3 nitrogen and oxygen atoms in total. The van der Waals surface area contributed by atoms with Gasteiger partial charge in [-0.2, -0.15) is 0 Å². The SMILES string of the molecule is CCCNC(CCc1ncc(C)c(OC)c1C)C1CC1. The van der Waals surface area contributed by atoms with E-state index in [1.165, 1.54) is 36.9 Å². The van der Waals surface area contributed by atoms with Gasteiger partial charge in [-0.25, -0.2) is 0 Å². The van der Waals surface area contributed by atoms with Crippen LogP contribution in [0.15, 0.2) is 6.20 Å². The number of aryl methyl sites for hydroxylation is 2. The van der Waals surface area contributed by atoms with E-state index >= 15 is 0 Å². The first kappa shape index (κ1) is 15.3. The van der Waals surface area contributed by atoms with Gasteiger partial charge in [0.2, 0.25) is 0 Å². The minimum Gasteiger partial charge on any atom is -0.496 e. The average Bonchev–Trinajstić information content (AvgIpc) is 3.26. The van der Waals surface area contributed by atoms with Gasteiger partial charge in [0, 0.05) is 29.1 Å². The maximum Gasteiger partial charge on any atom is 0.128 e. The third-order valence-electron chi connectivity index (χ3n) is 4.29. The van der Waals surface area contributed by atoms with E-state index in [2.05, 4.69) is 31.1 Å². The van der Waals surface area contributed by atoms with Crippen LogP contribution < -0.4 is 10.1 Å². The molecule has 1 aromatic heterocycles. The molecule has 1 atom stereocenters. The summed E-state index contributed by atoms with van der Waals surface area (Å²) < 4.78 is 5.49. The molecule has 0 aromatic carbocycles. The van der Waals surface area contributed by atoms with Crippen molar-refractivity contribution in [2.45, 2.75) is 58.9 Å². The molecule has 1 heterocycles. The average molecular weight is 276 g/mol. The van der Waals surface area contributed by atoms with Gasteiger partial charge < -0.3 is 10.1 Å². The van der Waals surface area contributed by atoms with Gasteiger partial charge in [0.25, 0.3) is 0 Å². The van der Waals surface area contributed by atoms with E-state index in [4.69, 9.17) is 4.74 Å². The fourth-order valence-corrected chi connectivity index (χ4v) is 2.95. The maximum absolute atomic E-state index is 5.49. The van der Waals surface area contributed by atoms with Crippen LogP contribution in [0.2, 0.25) is 0 Å². The fourth-order valence-electron chi connectivity index (χ4n) is 2.95. The quantitative estimate of drug-likeness (QED) is 0.790. The van der Waals surface area contributed by atoms with E-state index in [0.717, 1.165) is 30.2 Å². The first-order valence-electron chi connectivity index (χ1n) is 7.89. The first-order valence-corrected chi connectivity index (χ1v) is 7.89. The molecule has 0 aliphatic heterocycles. The number of pyridine rings is 1. The summed E-state index contributed by atoms with van der Waals surface area (Å²) in [5, 5.41) is 3.70. The lowest BCUT2D eigenvalue weighted by Crippen LogP contribution is -2.32. The Hall–Kier alpha value is -1.09. The summed E-state index contributed by atoms with van der Waals surface area (Å²) in [5.74, 6) is 1.90. The third kappa shape index (κ3) is 3.72. The smallest absolute Gasteiger partial charge is 0.128 e. The minimum absolute atomic E-state index is 0.670. The van der Waals surface area contributed by atoms with Crippen LogP contribution in [0.25, 0.3) is 0 Å². The van der Waals surface area contributed by atoms with Gasteiger partial charge in [-0.3, -0.25) is 4.98 Å². The molecule has 0 amide bonds. The highest BCUT2D eigenvalue weighted by Crippen LogP contribution is 2.35. The number of ether oxygens (including phenoxy) is 1. The van der Waals surface area contributed by atoms with Crippen LogP contribution in [-0.4, -0.2) is 24.7 Å². The molecule has 1 N–H and O–H groups in total. The molecule has 0 radical (unpaired) electrons. The summed E-state index contributed by atoms with van der Waals surface area (Å²) in [5.41, 5.74) is 3.52. The van der Waals surface area contributed by atoms with E-state index in [9.17, 15) is 0 Å². The summed E-state index contributed by atoms with van der Waals surface area (Å²) in [6.07, 6.45) is 8.16. The molecular formula is C17H28N2O. The molecule has 2 rings (SSSR count). The van der Waals surface area contributed by atoms with Crippen molar-refractivity contribution in [3.63, 3.8) is 0 Å². The Morgan fingerprint density at radius 2 is 2.15 bits per heavy atom. The monoisotopic (exact) mass is 276 g/mol. The molecule has 1 saturated carbocycles. The molecule has 20 heavy (non-hydrogen) atoms. The second kappa shape index (κ2) is 7.07. The number of nitrogens with zero attached hydrogens (tertiary/aromatic N) is 1. The van der Waals surface area contributed by atoms with Crippen LogP contribution in [0.4, 0.5) is 0 Å². The Labute approximate surface area is 123 Å². The standard InChI is InChI=1S/C17H28N2O/c1-5-10-18-16(14-6-7-14)9-8-15-13(3)17(20-4)12(2)11-19-15/h11,14,16,18H,5-10H2,1-4H3. The van der Waals surface area contributed by atoms with Gasteiger partial charge in [-0.15, -0.1) is 0 Å². The molecule has 1 aliphatic rings. The summed E-state index contributed by atoms with van der Waals surface area (Å²) in [6.45, 7) is 7.54. The molecule has 112 valence electrons. The van der Waals surface area contributed by atoms with Crippen molar-refractivity contribution >= 4 is 0 Å². The fraction of sp³-hybridized carbons (Fsp3) is 0.706. The largest absolute Gasteiger partial charge is 0.496 e. The second-order valence-electron chi connectivity index (χ2n) is 5.98. The highest BCUT2D eigenvalue weighted by molar-refractivity contribution is 5.41. The van der Waals surface area contributed by atoms with Gasteiger partial charge in [-0.1, -0.05) is 6.92 Å². The van der Waals surface area contributed by atoms with E-state index in [-0.39, 0.29) is 0 Å². The lowest BCUT2D eigenvalue weighted by molar-refractivity contribution is 0.405. The Bertz CT molecular complexity index is 441. The normalized spacial score (nSPS) is 16.2. The van der Waals surface area contributed by atoms with Gasteiger partial charge in [0.1, 0.15) is 5.75 Å². The zero-order valence-electron chi connectivity index (χ0n) is 13.3. The van der Waals surface area contributed by atoms with Crippen LogP contribution >= 0.6 is 0 Å². The van der Waals surface area contributed by atoms with Crippen molar-refractivity contribution < 1.29 is 4.74 Å². The molecule has 0 spiro atoms. The zero-order chi connectivity index (χ0) is 14.5. The predicted octanol–water partition coefficient (Wildman–Crippen LogP) is 3.42. The van der Waals surface area contributed by atoms with Crippen molar-refractivity contribution in [3.8, 4) is 5.75 Å². The van der Waals surface area contributed by atoms with Gasteiger partial charge >= 0.3 is 0 Å². The number of hydrogen-bond donors (Lipinski definition) is 1. The van der Waals surface area contributed by atoms with Crippen molar-refractivity contribution in [2.24, 2.45) is 5.92 Å². The highest BCUT2D eigenvalue weighted by atomic mass is 16.5. The summed E-state index contributed by atoms with van der Waals surface area (Å²) in [7, 11) is 1.74. The van der Waals surface area contributed by atoms with Crippen LogP contribution in [0, 0.1) is 19.8 Å². The molecule has 3 heteroatoms. The Balaban J connectivity index is 1.98. The van der Waals surface area contributed by atoms with Crippen molar-refractivity contribution in [1.82, 2.24) is 10.3 Å². The van der Waals surface area contributed by atoms with Crippen LogP contribution in [0.3, 0.4) is 0 Å². The Kier molecular flexibility index (Phi) is 5.41. The van der Waals surface area contributed by atoms with Crippen molar-refractivity contribution in [3.05, 3.63) is 23.0 Å². The van der Waals surface area contributed by atoms with Crippen LogP contribution in [0.5, 0.6) is 5.75 Å². The summed E-state index contributed by atoms with van der Waals surface area (Å²) in [6, 6.07) is 0.670. The van der Waals surface area contributed by atoms with Gasteiger partial charge in [0.15, 0.2) is 0 Å². The van der Waals surface area contributed by atoms with Gasteiger partial charge in [-0.05, 0) is 58.4 Å². The van der Waals surface area contributed by atoms with E-state index < -0.39 is 0 Å². The van der Waals surface area contributed by atoms with Crippen LogP contribution in [0.1, 0.15) is 49.4 Å². The number of methoxy groups -OCH3 is 1.